The lowest BCUT2D eigenvalue weighted by atomic mass is 10.2. The number of nitrogens with one attached hydrogen (secondary N) is 3. The van der Waals surface area contributed by atoms with Crippen LogP contribution in [0.4, 0.5) is 10.5 Å². The number of hydrogen-bond donors (Lipinski definition) is 3. The highest BCUT2D eigenvalue weighted by Gasteiger charge is 2.18. The minimum atomic E-state index is -0.451. The van der Waals surface area contributed by atoms with Crippen LogP contribution in [0, 0.1) is 12.3 Å². The summed E-state index contributed by atoms with van der Waals surface area (Å²) in [6.07, 6.45) is 11.6. The largest absolute Gasteiger partial charge is 0.474 e. The Bertz CT molecular complexity index is 901. The van der Waals surface area contributed by atoms with Crippen LogP contribution in [0.1, 0.15) is 36.8 Å². The lowest BCUT2D eigenvalue weighted by Crippen LogP contribution is -2.39. The van der Waals surface area contributed by atoms with Crippen molar-refractivity contribution in [3.05, 3.63) is 53.7 Å². The molecule has 1 heterocycles. The number of benzene rings is 1. The van der Waals surface area contributed by atoms with Crippen molar-refractivity contribution in [1.82, 2.24) is 15.6 Å². The molecule has 1 aliphatic carbocycles. The molecular weight excluding hydrogens is 368 g/mol. The Labute approximate surface area is 170 Å². The zero-order chi connectivity index (χ0) is 20.5. The molecule has 1 fully saturated rings. The third kappa shape index (κ3) is 6.25. The second-order valence-electron chi connectivity index (χ2n) is 6.80. The zero-order valence-electron chi connectivity index (χ0n) is 16.1. The first-order valence-electron chi connectivity index (χ1n) is 9.63. The summed E-state index contributed by atoms with van der Waals surface area (Å²) in [7, 11) is 0. The SMILES string of the molecule is C#Cc1cccc(NC(=O)CNC(=O)NCc2cccnc2OC2CCCC2)c1. The van der Waals surface area contributed by atoms with Gasteiger partial charge in [-0.15, -0.1) is 6.42 Å². The van der Waals surface area contributed by atoms with Gasteiger partial charge in [-0.3, -0.25) is 4.79 Å². The van der Waals surface area contributed by atoms with Gasteiger partial charge in [-0.05, 0) is 49.9 Å². The van der Waals surface area contributed by atoms with E-state index in [0.29, 0.717) is 17.1 Å². The number of anilines is 1. The highest BCUT2D eigenvalue weighted by Crippen LogP contribution is 2.24. The fourth-order valence-corrected chi connectivity index (χ4v) is 3.12. The number of rotatable bonds is 7. The van der Waals surface area contributed by atoms with E-state index in [2.05, 4.69) is 26.9 Å². The van der Waals surface area contributed by atoms with E-state index in [4.69, 9.17) is 11.2 Å². The van der Waals surface area contributed by atoms with Crippen molar-refractivity contribution < 1.29 is 14.3 Å². The minimum Gasteiger partial charge on any atom is -0.474 e. The predicted molar refractivity (Wildman–Crippen MR) is 110 cm³/mol. The van der Waals surface area contributed by atoms with Gasteiger partial charge >= 0.3 is 6.03 Å². The molecule has 0 atom stereocenters. The van der Waals surface area contributed by atoms with E-state index in [1.807, 2.05) is 6.07 Å². The third-order valence-electron chi connectivity index (χ3n) is 4.59. The van der Waals surface area contributed by atoms with Gasteiger partial charge in [0.2, 0.25) is 11.8 Å². The van der Waals surface area contributed by atoms with Crippen molar-refractivity contribution >= 4 is 17.6 Å². The van der Waals surface area contributed by atoms with Gasteiger partial charge in [0.25, 0.3) is 0 Å². The summed E-state index contributed by atoms with van der Waals surface area (Å²) in [5.41, 5.74) is 2.04. The van der Waals surface area contributed by atoms with Gasteiger partial charge in [0.05, 0.1) is 6.54 Å². The van der Waals surface area contributed by atoms with Crippen LogP contribution in [-0.4, -0.2) is 29.6 Å². The standard InChI is InChI=1S/C22H24N4O3/c1-2-16-7-5-9-18(13-16)26-20(27)15-25-22(28)24-14-17-8-6-12-23-21(17)29-19-10-3-4-11-19/h1,5-9,12-13,19H,3-4,10-11,14-15H2,(H,26,27)(H2,24,25,28). The fraction of sp³-hybridized carbons (Fsp3) is 0.318. The molecule has 2 aromatic rings. The molecule has 150 valence electrons. The molecule has 1 aromatic heterocycles. The lowest BCUT2D eigenvalue weighted by molar-refractivity contribution is -0.115. The number of pyridine rings is 1. The zero-order valence-corrected chi connectivity index (χ0v) is 16.1. The Morgan fingerprint density at radius 2 is 2.00 bits per heavy atom. The molecule has 1 saturated carbocycles. The van der Waals surface area contributed by atoms with Gasteiger partial charge in [-0.1, -0.05) is 18.1 Å². The normalized spacial score (nSPS) is 13.3. The maximum absolute atomic E-state index is 12.0. The van der Waals surface area contributed by atoms with E-state index >= 15 is 0 Å². The number of carbonyl (C=O) groups is 2. The molecule has 1 aromatic carbocycles. The lowest BCUT2D eigenvalue weighted by Gasteiger charge is -2.15. The van der Waals surface area contributed by atoms with E-state index in [9.17, 15) is 9.59 Å². The van der Waals surface area contributed by atoms with E-state index < -0.39 is 6.03 Å². The van der Waals surface area contributed by atoms with E-state index in [1.54, 1.807) is 36.5 Å². The maximum Gasteiger partial charge on any atom is 0.315 e. The number of ether oxygens (including phenoxy) is 1. The number of hydrogen-bond acceptors (Lipinski definition) is 4. The average molecular weight is 392 g/mol. The first-order valence-corrected chi connectivity index (χ1v) is 9.63. The number of nitrogens with zero attached hydrogens (tertiary/aromatic N) is 1. The molecule has 3 N–H and O–H groups in total. The van der Waals surface area contributed by atoms with Crippen LogP contribution >= 0.6 is 0 Å². The molecule has 3 rings (SSSR count). The molecule has 0 unspecified atom stereocenters. The van der Waals surface area contributed by atoms with E-state index in [0.717, 1.165) is 18.4 Å². The summed E-state index contributed by atoms with van der Waals surface area (Å²) in [6.45, 7) is 0.0954. The first-order chi connectivity index (χ1) is 14.1. The highest BCUT2D eigenvalue weighted by atomic mass is 16.5. The molecule has 0 spiro atoms. The molecular formula is C22H24N4O3. The Hall–Kier alpha value is -3.53. The van der Waals surface area contributed by atoms with Crippen LogP contribution in [0.2, 0.25) is 0 Å². The number of amides is 3. The van der Waals surface area contributed by atoms with Crippen LogP contribution in [0.25, 0.3) is 0 Å². The molecule has 0 saturated heterocycles. The maximum atomic E-state index is 12.0. The topological polar surface area (TPSA) is 92.4 Å². The second kappa shape index (κ2) is 10.1. The van der Waals surface area contributed by atoms with Crippen molar-refractivity contribution in [2.24, 2.45) is 0 Å². The Morgan fingerprint density at radius 3 is 2.79 bits per heavy atom. The quantitative estimate of drug-likeness (QED) is 0.632. The second-order valence-corrected chi connectivity index (χ2v) is 6.80. The summed E-state index contributed by atoms with van der Waals surface area (Å²) in [6, 6.07) is 10.2. The predicted octanol–water partition coefficient (Wildman–Crippen LogP) is 2.82. The molecule has 0 aliphatic heterocycles. The third-order valence-corrected chi connectivity index (χ3v) is 4.59. The molecule has 29 heavy (non-hydrogen) atoms. The van der Waals surface area contributed by atoms with Crippen LogP contribution in [-0.2, 0) is 11.3 Å². The van der Waals surface area contributed by atoms with Gasteiger partial charge in [-0.25, -0.2) is 9.78 Å². The van der Waals surface area contributed by atoms with Gasteiger partial charge < -0.3 is 20.7 Å². The van der Waals surface area contributed by atoms with Crippen LogP contribution in [0.5, 0.6) is 5.88 Å². The summed E-state index contributed by atoms with van der Waals surface area (Å²) in [5.74, 6) is 2.70. The van der Waals surface area contributed by atoms with Gasteiger partial charge in [0.15, 0.2) is 0 Å². The van der Waals surface area contributed by atoms with Gasteiger partial charge in [0.1, 0.15) is 6.10 Å². The van der Waals surface area contributed by atoms with Gasteiger partial charge in [0, 0.05) is 29.6 Å². The van der Waals surface area contributed by atoms with Crippen LogP contribution in [0.3, 0.4) is 0 Å². The van der Waals surface area contributed by atoms with E-state index in [1.165, 1.54) is 12.8 Å². The summed E-state index contributed by atoms with van der Waals surface area (Å²) < 4.78 is 5.96. The fourth-order valence-electron chi connectivity index (χ4n) is 3.12. The van der Waals surface area contributed by atoms with Crippen molar-refractivity contribution in [2.75, 3.05) is 11.9 Å². The van der Waals surface area contributed by atoms with Crippen LogP contribution < -0.4 is 20.7 Å². The van der Waals surface area contributed by atoms with Crippen molar-refractivity contribution in [3.8, 4) is 18.2 Å². The Balaban J connectivity index is 1.44. The molecule has 3 amide bonds. The Morgan fingerprint density at radius 1 is 1.17 bits per heavy atom. The first kappa shape index (κ1) is 20.2. The molecule has 7 heteroatoms. The molecule has 0 radical (unpaired) electrons. The molecule has 7 nitrogen and oxygen atoms in total. The number of terminal acetylenes is 1. The summed E-state index contributed by atoms with van der Waals surface area (Å²) in [5, 5.41) is 7.94. The molecule has 1 aliphatic rings. The van der Waals surface area contributed by atoms with Gasteiger partial charge in [-0.2, -0.15) is 0 Å². The summed E-state index contributed by atoms with van der Waals surface area (Å²) in [4.78, 5) is 28.3. The minimum absolute atomic E-state index is 0.162. The van der Waals surface area contributed by atoms with Crippen molar-refractivity contribution in [3.63, 3.8) is 0 Å². The van der Waals surface area contributed by atoms with Crippen molar-refractivity contribution in [1.29, 1.82) is 0 Å². The molecule has 0 bridgehead atoms. The van der Waals surface area contributed by atoms with E-state index in [-0.39, 0.29) is 25.1 Å². The number of carbonyl (C=O) groups excluding carboxylic acids is 2. The Kier molecular flexibility index (Phi) is 7.06. The number of aromatic nitrogens is 1. The van der Waals surface area contributed by atoms with Crippen molar-refractivity contribution in [2.45, 2.75) is 38.3 Å². The number of urea groups is 1. The highest BCUT2D eigenvalue weighted by molar-refractivity contribution is 5.94. The monoisotopic (exact) mass is 392 g/mol. The average Bonchev–Trinajstić information content (AvgIpc) is 3.25. The smallest absolute Gasteiger partial charge is 0.315 e. The summed E-state index contributed by atoms with van der Waals surface area (Å²) >= 11 is 0. The van der Waals surface area contributed by atoms with Crippen LogP contribution in [0.15, 0.2) is 42.6 Å².